The van der Waals surface area contributed by atoms with Crippen LogP contribution < -0.4 is 10.6 Å². The number of rotatable bonds is 5. The van der Waals surface area contributed by atoms with E-state index in [9.17, 15) is 14.7 Å². The summed E-state index contributed by atoms with van der Waals surface area (Å²) in [5, 5.41) is 16.1. The van der Waals surface area contributed by atoms with Gasteiger partial charge in [0.05, 0.1) is 6.61 Å². The average Bonchev–Trinajstić information content (AvgIpc) is 3.01. The monoisotopic (exact) mass is 365 g/mol. The van der Waals surface area contributed by atoms with E-state index in [1.54, 1.807) is 12.5 Å². The van der Waals surface area contributed by atoms with Crippen molar-refractivity contribution in [2.75, 3.05) is 19.1 Å². The zero-order chi connectivity index (χ0) is 17.4. The quantitative estimate of drug-likeness (QED) is 0.636. The highest BCUT2D eigenvalue weighted by atomic mass is 32.2. The van der Waals surface area contributed by atoms with Gasteiger partial charge in [-0.25, -0.2) is 0 Å². The molecule has 2 amide bonds. The van der Waals surface area contributed by atoms with Gasteiger partial charge in [0.1, 0.15) is 0 Å². The van der Waals surface area contributed by atoms with E-state index in [0.717, 1.165) is 28.2 Å². The van der Waals surface area contributed by atoms with Gasteiger partial charge in [0, 0.05) is 23.5 Å². The van der Waals surface area contributed by atoms with Crippen LogP contribution >= 0.6 is 23.5 Å². The molecule has 6 nitrogen and oxygen atoms in total. The normalized spacial score (nSPS) is 27.1. The number of aromatic nitrogens is 1. The molecule has 3 rings (SSSR count). The van der Waals surface area contributed by atoms with E-state index in [4.69, 9.17) is 0 Å². The molecule has 0 unspecified atom stereocenters. The Labute approximate surface area is 148 Å². The highest BCUT2D eigenvalue weighted by molar-refractivity contribution is 8.01. The maximum Gasteiger partial charge on any atom is 0.260 e. The summed E-state index contributed by atoms with van der Waals surface area (Å²) in [5.74, 6) is -0.686. The first kappa shape index (κ1) is 17.2. The zero-order valence-corrected chi connectivity index (χ0v) is 15.0. The maximum absolute atomic E-state index is 12.8. The van der Waals surface area contributed by atoms with Crippen molar-refractivity contribution in [2.24, 2.45) is 0 Å². The molecule has 128 valence electrons. The molecule has 1 aromatic heterocycles. The summed E-state index contributed by atoms with van der Waals surface area (Å²) in [6.07, 6.45) is 5.69. The van der Waals surface area contributed by atoms with Crippen molar-refractivity contribution < 1.29 is 14.7 Å². The van der Waals surface area contributed by atoms with Gasteiger partial charge in [-0.1, -0.05) is 18.2 Å². The van der Waals surface area contributed by atoms with Crippen molar-refractivity contribution in [3.8, 4) is 0 Å². The fraction of sp³-hybridized carbons (Fsp3) is 0.375. The SMILES string of the molecule is CS[C@]1(CO)NC(=O)[C@](Cc2c[nH]c3ccccc23)(SC)NC1=O. The number of thioether (sulfide) groups is 2. The molecule has 1 aliphatic rings. The van der Waals surface area contributed by atoms with E-state index in [-0.39, 0.29) is 11.8 Å². The second-order valence-electron chi connectivity index (χ2n) is 5.66. The van der Waals surface area contributed by atoms with Gasteiger partial charge in [-0.3, -0.25) is 9.59 Å². The van der Waals surface area contributed by atoms with Crippen LogP contribution in [-0.4, -0.2) is 50.8 Å². The van der Waals surface area contributed by atoms with Crippen LogP contribution in [0.2, 0.25) is 0 Å². The van der Waals surface area contributed by atoms with Crippen molar-refractivity contribution >= 4 is 46.2 Å². The number of piperazine rings is 1. The van der Waals surface area contributed by atoms with Crippen molar-refractivity contribution in [1.29, 1.82) is 0 Å². The largest absolute Gasteiger partial charge is 0.392 e. The number of aromatic amines is 1. The number of H-pyrrole nitrogens is 1. The summed E-state index contributed by atoms with van der Waals surface area (Å²) in [6, 6.07) is 7.83. The highest BCUT2D eigenvalue weighted by Crippen LogP contribution is 2.34. The number of fused-ring (bicyclic) bond motifs is 1. The van der Waals surface area contributed by atoms with Gasteiger partial charge in [0.25, 0.3) is 11.8 Å². The molecule has 1 aliphatic heterocycles. The molecule has 0 aliphatic carbocycles. The van der Waals surface area contributed by atoms with E-state index in [1.165, 1.54) is 11.8 Å². The first-order valence-electron chi connectivity index (χ1n) is 7.41. The van der Waals surface area contributed by atoms with Gasteiger partial charge < -0.3 is 20.7 Å². The summed E-state index contributed by atoms with van der Waals surface area (Å²) in [6.45, 7) is -0.455. The van der Waals surface area contributed by atoms with Crippen LogP contribution in [0.4, 0.5) is 0 Å². The molecule has 4 N–H and O–H groups in total. The van der Waals surface area contributed by atoms with Crippen LogP contribution in [0.3, 0.4) is 0 Å². The molecule has 8 heteroatoms. The molecule has 1 fully saturated rings. The first-order valence-corrected chi connectivity index (χ1v) is 9.86. The van der Waals surface area contributed by atoms with E-state index >= 15 is 0 Å². The van der Waals surface area contributed by atoms with Crippen molar-refractivity contribution in [3.63, 3.8) is 0 Å². The summed E-state index contributed by atoms with van der Waals surface area (Å²) in [5.41, 5.74) is 1.94. The number of carbonyl (C=O) groups excluding carboxylic acids is 2. The lowest BCUT2D eigenvalue weighted by Crippen LogP contribution is -2.74. The number of benzene rings is 1. The van der Waals surface area contributed by atoms with E-state index < -0.39 is 16.3 Å². The Morgan fingerprint density at radius 2 is 1.67 bits per heavy atom. The van der Waals surface area contributed by atoms with Gasteiger partial charge in [-0.2, -0.15) is 0 Å². The third kappa shape index (κ3) is 2.58. The minimum Gasteiger partial charge on any atom is -0.392 e. The molecular weight excluding hydrogens is 346 g/mol. The summed E-state index contributed by atoms with van der Waals surface area (Å²) in [4.78, 5) is 26.1. The average molecular weight is 365 g/mol. The number of nitrogens with one attached hydrogen (secondary N) is 3. The Kier molecular flexibility index (Phi) is 4.54. The summed E-state index contributed by atoms with van der Waals surface area (Å²) in [7, 11) is 0. The fourth-order valence-corrected chi connectivity index (χ4v) is 4.18. The Balaban J connectivity index is 1.95. The van der Waals surface area contributed by atoms with Crippen LogP contribution in [0.25, 0.3) is 10.9 Å². The number of amides is 2. The number of hydrogen-bond donors (Lipinski definition) is 4. The first-order chi connectivity index (χ1) is 11.5. The third-order valence-electron chi connectivity index (χ3n) is 4.40. The molecule has 1 aromatic carbocycles. The smallest absolute Gasteiger partial charge is 0.260 e. The van der Waals surface area contributed by atoms with Crippen molar-refractivity contribution in [2.45, 2.75) is 16.2 Å². The second kappa shape index (κ2) is 6.34. The third-order valence-corrected chi connectivity index (χ3v) is 6.64. The maximum atomic E-state index is 12.8. The molecule has 2 atom stereocenters. The predicted octanol–water partition coefficient (Wildman–Crippen LogP) is 1.07. The van der Waals surface area contributed by atoms with Crippen molar-refractivity contribution in [1.82, 2.24) is 15.6 Å². The van der Waals surface area contributed by atoms with Gasteiger partial charge >= 0.3 is 0 Å². The van der Waals surface area contributed by atoms with Crippen LogP contribution in [0, 0.1) is 0 Å². The van der Waals surface area contributed by atoms with Gasteiger partial charge in [0.15, 0.2) is 9.74 Å². The summed E-state index contributed by atoms with van der Waals surface area (Å²) >= 11 is 2.40. The van der Waals surface area contributed by atoms with Gasteiger partial charge in [0.2, 0.25) is 0 Å². The second-order valence-corrected chi connectivity index (χ2v) is 7.88. The predicted molar refractivity (Wildman–Crippen MR) is 97.9 cm³/mol. The van der Waals surface area contributed by atoms with E-state index in [2.05, 4.69) is 15.6 Å². The van der Waals surface area contributed by atoms with E-state index in [1.807, 2.05) is 30.5 Å². The van der Waals surface area contributed by atoms with Gasteiger partial charge in [-0.15, -0.1) is 23.5 Å². The lowest BCUT2D eigenvalue weighted by atomic mass is 10.0. The molecule has 2 aromatic rings. The highest BCUT2D eigenvalue weighted by Gasteiger charge is 2.53. The van der Waals surface area contributed by atoms with Gasteiger partial charge in [-0.05, 0) is 24.1 Å². The Hall–Kier alpha value is -1.64. The minimum absolute atomic E-state index is 0.303. The molecule has 24 heavy (non-hydrogen) atoms. The standard InChI is InChI=1S/C16H19N3O3S2/c1-23-15(7-10-8-17-12-6-4-3-5-11(10)12)13(21)19-16(9-20,24-2)14(22)18-15/h3-6,8,17,20H,7,9H2,1-2H3,(H,18,22)(H,19,21)/t15-,16-/m0/s1. The minimum atomic E-state index is -1.32. The Morgan fingerprint density at radius 1 is 1.04 bits per heavy atom. The van der Waals surface area contributed by atoms with Crippen LogP contribution in [0.5, 0.6) is 0 Å². The number of para-hydroxylation sites is 1. The molecule has 0 bridgehead atoms. The Bertz CT molecular complexity index is 788. The van der Waals surface area contributed by atoms with Crippen LogP contribution in [0.1, 0.15) is 5.56 Å². The number of hydrogen-bond acceptors (Lipinski definition) is 5. The summed E-state index contributed by atoms with van der Waals surface area (Å²) < 4.78 is 0. The van der Waals surface area contributed by atoms with E-state index in [0.29, 0.717) is 6.42 Å². The molecule has 1 saturated heterocycles. The number of carbonyl (C=O) groups is 2. The zero-order valence-electron chi connectivity index (χ0n) is 13.4. The lowest BCUT2D eigenvalue weighted by molar-refractivity contribution is -0.140. The lowest BCUT2D eigenvalue weighted by Gasteiger charge is -2.43. The number of aliphatic hydroxyl groups is 1. The topological polar surface area (TPSA) is 94.2 Å². The van der Waals surface area contributed by atoms with Crippen LogP contribution in [0.15, 0.2) is 30.5 Å². The Morgan fingerprint density at radius 3 is 2.33 bits per heavy atom. The number of aliphatic hydroxyl groups excluding tert-OH is 1. The molecule has 2 heterocycles. The molecule has 0 radical (unpaired) electrons. The molecule has 0 saturated carbocycles. The van der Waals surface area contributed by atoms with Crippen molar-refractivity contribution in [3.05, 3.63) is 36.0 Å². The fourth-order valence-electron chi connectivity index (χ4n) is 2.89. The van der Waals surface area contributed by atoms with Crippen LogP contribution in [-0.2, 0) is 16.0 Å². The molecule has 0 spiro atoms. The molecular formula is C16H19N3O3S2.